The van der Waals surface area contributed by atoms with Crippen molar-refractivity contribution < 1.29 is 24.3 Å². The highest BCUT2D eigenvalue weighted by Gasteiger charge is 2.46. The van der Waals surface area contributed by atoms with E-state index < -0.39 is 17.7 Å². The van der Waals surface area contributed by atoms with Gasteiger partial charge < -0.3 is 19.6 Å². The zero-order valence-electron chi connectivity index (χ0n) is 18.6. The summed E-state index contributed by atoms with van der Waals surface area (Å²) in [7, 11) is 1.58. The number of amides is 1. The van der Waals surface area contributed by atoms with E-state index in [2.05, 4.69) is 13.8 Å². The van der Waals surface area contributed by atoms with Gasteiger partial charge in [0, 0.05) is 5.56 Å². The minimum atomic E-state index is -0.642. The molecule has 1 amide bonds. The van der Waals surface area contributed by atoms with Crippen molar-refractivity contribution in [1.82, 2.24) is 4.90 Å². The first-order valence-corrected chi connectivity index (χ1v) is 10.7. The number of nitrogens with zero attached hydrogens (tertiary/aromatic N) is 1. The van der Waals surface area contributed by atoms with E-state index in [1.165, 1.54) is 4.90 Å². The lowest BCUT2D eigenvalue weighted by Crippen LogP contribution is -3.12. The fourth-order valence-corrected chi connectivity index (χ4v) is 4.15. The van der Waals surface area contributed by atoms with Crippen LogP contribution in [0.25, 0.3) is 5.76 Å². The number of nitrogens with one attached hydrogen (secondary N) is 1. The molecule has 0 saturated carbocycles. The van der Waals surface area contributed by atoms with Crippen LogP contribution in [0, 0.1) is 6.92 Å². The Morgan fingerprint density at radius 2 is 1.77 bits per heavy atom. The molecule has 164 valence electrons. The van der Waals surface area contributed by atoms with E-state index in [1.807, 2.05) is 37.3 Å². The molecule has 31 heavy (non-hydrogen) atoms. The lowest BCUT2D eigenvalue weighted by atomic mass is 9.94. The predicted octanol–water partition coefficient (Wildman–Crippen LogP) is 2.35. The number of quaternary nitrogens is 1. The molecule has 6 heteroatoms. The molecule has 1 fully saturated rings. The molecule has 0 aliphatic carbocycles. The zero-order chi connectivity index (χ0) is 22.5. The summed E-state index contributed by atoms with van der Waals surface area (Å²) >= 11 is 0. The average Bonchev–Trinajstić information content (AvgIpc) is 3.04. The standard InChI is InChI=1S/C25H30N2O4/c1-5-26(6-2)14-15-27-22(18-10-8-7-9-11-18)21(24(29)25(27)30)23(28)20-13-12-19(31-4)16-17(20)3/h7-13,16,22,28H,5-6,14-15H2,1-4H3/p+1/t22-/m1/s1. The molecule has 6 nitrogen and oxygen atoms in total. The number of carbonyl (C=O) groups is 2. The van der Waals surface area contributed by atoms with Crippen LogP contribution in [0.4, 0.5) is 0 Å². The minimum Gasteiger partial charge on any atom is -0.507 e. The van der Waals surface area contributed by atoms with Crippen LogP contribution in [0.1, 0.15) is 36.6 Å². The summed E-state index contributed by atoms with van der Waals surface area (Å²) in [6, 6.07) is 14.1. The molecule has 0 radical (unpaired) electrons. The highest BCUT2D eigenvalue weighted by Crippen LogP contribution is 2.39. The molecule has 1 atom stereocenters. The first kappa shape index (κ1) is 22.6. The van der Waals surface area contributed by atoms with E-state index >= 15 is 0 Å². The summed E-state index contributed by atoms with van der Waals surface area (Å²) in [5.74, 6) is -0.689. The highest BCUT2D eigenvalue weighted by atomic mass is 16.5. The van der Waals surface area contributed by atoms with Gasteiger partial charge in [0.25, 0.3) is 11.7 Å². The number of ketones is 1. The normalized spacial score (nSPS) is 18.1. The Balaban J connectivity index is 2.10. The van der Waals surface area contributed by atoms with Crippen molar-refractivity contribution in [3.05, 3.63) is 70.8 Å². The third-order valence-corrected chi connectivity index (χ3v) is 6.05. The van der Waals surface area contributed by atoms with Gasteiger partial charge in [0.05, 0.1) is 44.9 Å². The first-order valence-electron chi connectivity index (χ1n) is 10.7. The van der Waals surface area contributed by atoms with Crippen LogP contribution in [0.15, 0.2) is 54.1 Å². The van der Waals surface area contributed by atoms with Gasteiger partial charge in [-0.25, -0.2) is 0 Å². The number of aliphatic hydroxyl groups excluding tert-OH is 1. The molecule has 2 aromatic rings. The largest absolute Gasteiger partial charge is 0.507 e. The number of benzene rings is 2. The fraction of sp³-hybridized carbons (Fsp3) is 0.360. The molecule has 1 aliphatic heterocycles. The van der Waals surface area contributed by atoms with Gasteiger partial charge in [-0.3, -0.25) is 9.59 Å². The molecule has 2 N–H and O–H groups in total. The van der Waals surface area contributed by atoms with Crippen LogP contribution in [0.2, 0.25) is 0 Å². The van der Waals surface area contributed by atoms with Crippen molar-refractivity contribution in [1.29, 1.82) is 0 Å². The van der Waals surface area contributed by atoms with Crippen LogP contribution in [0.5, 0.6) is 5.75 Å². The van der Waals surface area contributed by atoms with Gasteiger partial charge >= 0.3 is 0 Å². The van der Waals surface area contributed by atoms with Gasteiger partial charge in [0.1, 0.15) is 11.5 Å². The topological polar surface area (TPSA) is 71.3 Å². The number of Topliss-reactive ketones (excluding diaryl/α,β-unsaturated/α-hetero) is 1. The van der Waals surface area contributed by atoms with Crippen LogP contribution in [-0.2, 0) is 9.59 Å². The number of carbonyl (C=O) groups excluding carboxylic acids is 2. The predicted molar refractivity (Wildman–Crippen MR) is 120 cm³/mol. The van der Waals surface area contributed by atoms with Gasteiger partial charge in [-0.05, 0) is 50.1 Å². The molecule has 1 saturated heterocycles. The number of methoxy groups -OCH3 is 1. The maximum atomic E-state index is 13.1. The monoisotopic (exact) mass is 423 g/mol. The Morgan fingerprint density at radius 3 is 2.35 bits per heavy atom. The van der Waals surface area contributed by atoms with Crippen LogP contribution < -0.4 is 9.64 Å². The van der Waals surface area contributed by atoms with Gasteiger partial charge in [-0.2, -0.15) is 0 Å². The summed E-state index contributed by atoms with van der Waals surface area (Å²) in [6.45, 7) is 9.13. The Kier molecular flexibility index (Phi) is 7.13. The molecule has 0 bridgehead atoms. The number of aliphatic hydroxyl groups is 1. The summed E-state index contributed by atoms with van der Waals surface area (Å²) in [6.07, 6.45) is 0. The maximum Gasteiger partial charge on any atom is 0.295 e. The number of ether oxygens (including phenoxy) is 1. The summed E-state index contributed by atoms with van der Waals surface area (Å²) in [5.41, 5.74) is 2.24. The van der Waals surface area contributed by atoms with E-state index in [4.69, 9.17) is 4.74 Å². The Hall–Kier alpha value is -3.12. The second-order valence-electron chi connectivity index (χ2n) is 7.79. The highest BCUT2D eigenvalue weighted by molar-refractivity contribution is 6.46. The Labute approximate surface area is 183 Å². The summed E-state index contributed by atoms with van der Waals surface area (Å²) in [4.78, 5) is 29.1. The number of likely N-dealkylation sites (tertiary alicyclic amines) is 1. The molecule has 0 aromatic heterocycles. The number of aryl methyl sites for hydroxylation is 1. The molecule has 0 spiro atoms. The molecule has 1 heterocycles. The second kappa shape index (κ2) is 9.79. The smallest absolute Gasteiger partial charge is 0.295 e. The second-order valence-corrected chi connectivity index (χ2v) is 7.79. The number of hydrogen-bond donors (Lipinski definition) is 2. The van der Waals surface area contributed by atoms with Crippen molar-refractivity contribution >= 4 is 17.4 Å². The molecule has 2 aromatic carbocycles. The van der Waals surface area contributed by atoms with Crippen LogP contribution in [0.3, 0.4) is 0 Å². The number of likely N-dealkylation sites (N-methyl/N-ethyl adjacent to an activating group) is 1. The molecular weight excluding hydrogens is 392 g/mol. The van der Waals surface area contributed by atoms with Crippen LogP contribution in [-0.4, -0.2) is 55.0 Å². The van der Waals surface area contributed by atoms with Gasteiger partial charge in [-0.15, -0.1) is 0 Å². The first-order chi connectivity index (χ1) is 14.9. The van der Waals surface area contributed by atoms with Crippen molar-refractivity contribution in [2.24, 2.45) is 0 Å². The third-order valence-electron chi connectivity index (χ3n) is 6.05. The number of rotatable bonds is 8. The van der Waals surface area contributed by atoms with Crippen molar-refractivity contribution in [2.75, 3.05) is 33.3 Å². The molecule has 1 aliphatic rings. The lowest BCUT2D eigenvalue weighted by Gasteiger charge is -2.27. The van der Waals surface area contributed by atoms with E-state index in [-0.39, 0.29) is 11.3 Å². The lowest BCUT2D eigenvalue weighted by molar-refractivity contribution is -0.895. The average molecular weight is 424 g/mol. The third kappa shape index (κ3) is 4.49. The van der Waals surface area contributed by atoms with Gasteiger partial charge in [0.15, 0.2) is 0 Å². The Morgan fingerprint density at radius 1 is 1.10 bits per heavy atom. The number of hydrogen-bond acceptors (Lipinski definition) is 4. The molecular formula is C25H31N2O4+. The van der Waals surface area contributed by atoms with Gasteiger partial charge in [0.2, 0.25) is 0 Å². The SMILES string of the molecule is CC[NH+](CC)CCN1C(=O)C(=O)C(=C(O)c2ccc(OC)cc2C)[C@H]1c1ccccc1. The maximum absolute atomic E-state index is 13.1. The van der Waals surface area contributed by atoms with Crippen LogP contribution >= 0.6 is 0 Å². The quantitative estimate of drug-likeness (QED) is 0.389. The van der Waals surface area contributed by atoms with E-state index in [1.54, 1.807) is 30.2 Å². The van der Waals surface area contributed by atoms with Crippen molar-refractivity contribution in [3.63, 3.8) is 0 Å². The van der Waals surface area contributed by atoms with Crippen molar-refractivity contribution in [3.8, 4) is 5.75 Å². The molecule has 3 rings (SSSR count). The van der Waals surface area contributed by atoms with E-state index in [0.29, 0.717) is 17.9 Å². The minimum absolute atomic E-state index is 0.138. The fourth-order valence-electron chi connectivity index (χ4n) is 4.15. The van der Waals surface area contributed by atoms with E-state index in [0.717, 1.165) is 30.8 Å². The van der Waals surface area contributed by atoms with Gasteiger partial charge in [-0.1, -0.05) is 30.3 Å². The van der Waals surface area contributed by atoms with Crippen molar-refractivity contribution in [2.45, 2.75) is 26.8 Å². The summed E-state index contributed by atoms with van der Waals surface area (Å²) < 4.78 is 5.25. The zero-order valence-corrected chi connectivity index (χ0v) is 18.6. The molecule has 0 unspecified atom stereocenters. The Bertz CT molecular complexity index is 980. The summed E-state index contributed by atoms with van der Waals surface area (Å²) in [5, 5.41) is 11.2. The van der Waals surface area contributed by atoms with E-state index in [9.17, 15) is 14.7 Å².